The molecular formula is C15H22N2OS. The van der Waals surface area contributed by atoms with Crippen molar-refractivity contribution in [3.63, 3.8) is 0 Å². The second-order valence-corrected chi connectivity index (χ2v) is 6.25. The van der Waals surface area contributed by atoms with Crippen molar-refractivity contribution >= 4 is 23.4 Å². The predicted octanol–water partition coefficient (Wildman–Crippen LogP) is 2.89. The second-order valence-electron chi connectivity index (χ2n) is 5.11. The van der Waals surface area contributed by atoms with Crippen LogP contribution >= 0.6 is 11.8 Å². The monoisotopic (exact) mass is 278 g/mol. The molecular weight excluding hydrogens is 256 g/mol. The summed E-state index contributed by atoms with van der Waals surface area (Å²) in [5, 5.41) is 7.12. The van der Waals surface area contributed by atoms with Gasteiger partial charge in [-0.1, -0.05) is 18.2 Å². The topological polar surface area (TPSA) is 41.1 Å². The number of nitrogens with one attached hydrogen (secondary N) is 2. The normalized spacial score (nSPS) is 24.1. The first kappa shape index (κ1) is 14.4. The van der Waals surface area contributed by atoms with Gasteiger partial charge in [-0.3, -0.25) is 4.79 Å². The fourth-order valence-electron chi connectivity index (χ4n) is 2.51. The summed E-state index contributed by atoms with van der Waals surface area (Å²) in [6, 6.07) is 9.94. The molecule has 4 heteroatoms. The molecule has 3 atom stereocenters. The maximum Gasteiger partial charge on any atom is 0.241 e. The molecule has 0 spiro atoms. The first-order chi connectivity index (χ1) is 9.19. The van der Waals surface area contributed by atoms with Crippen molar-refractivity contribution in [1.29, 1.82) is 0 Å². The van der Waals surface area contributed by atoms with Crippen LogP contribution in [0.3, 0.4) is 0 Å². The summed E-state index contributed by atoms with van der Waals surface area (Å²) in [6.07, 6.45) is 5.77. The van der Waals surface area contributed by atoms with Crippen LogP contribution in [0.5, 0.6) is 0 Å². The molecule has 3 nitrogen and oxygen atoms in total. The number of benzene rings is 1. The number of rotatable bonds is 5. The van der Waals surface area contributed by atoms with Crippen LogP contribution in [0, 0.1) is 0 Å². The van der Waals surface area contributed by atoms with Gasteiger partial charge in [-0.2, -0.15) is 11.8 Å². The summed E-state index contributed by atoms with van der Waals surface area (Å²) in [5.41, 5.74) is 0.856. The van der Waals surface area contributed by atoms with Crippen LogP contribution in [0.1, 0.15) is 26.2 Å². The predicted molar refractivity (Wildman–Crippen MR) is 82.6 cm³/mol. The summed E-state index contributed by atoms with van der Waals surface area (Å²) in [6.45, 7) is 1.94. The molecule has 3 unspecified atom stereocenters. The third kappa shape index (κ3) is 4.25. The summed E-state index contributed by atoms with van der Waals surface area (Å²) in [4.78, 5) is 12.1. The average molecular weight is 278 g/mol. The molecule has 1 aliphatic rings. The van der Waals surface area contributed by atoms with Crippen molar-refractivity contribution in [3.8, 4) is 0 Å². The highest BCUT2D eigenvalue weighted by atomic mass is 32.2. The van der Waals surface area contributed by atoms with Crippen molar-refractivity contribution in [3.05, 3.63) is 30.3 Å². The molecule has 1 aromatic rings. The summed E-state index contributed by atoms with van der Waals surface area (Å²) in [5.74, 6) is 0.0406. The molecule has 1 aromatic carbocycles. The van der Waals surface area contributed by atoms with Crippen molar-refractivity contribution in [2.75, 3.05) is 11.6 Å². The lowest BCUT2D eigenvalue weighted by molar-refractivity contribution is -0.117. The van der Waals surface area contributed by atoms with Gasteiger partial charge in [-0.15, -0.1) is 0 Å². The molecule has 0 heterocycles. The molecule has 0 bridgehead atoms. The molecule has 19 heavy (non-hydrogen) atoms. The van der Waals surface area contributed by atoms with Gasteiger partial charge < -0.3 is 10.6 Å². The minimum Gasteiger partial charge on any atom is -0.325 e. The van der Waals surface area contributed by atoms with Crippen molar-refractivity contribution < 1.29 is 4.79 Å². The zero-order valence-corrected chi connectivity index (χ0v) is 12.4. The molecule has 2 N–H and O–H groups in total. The Balaban J connectivity index is 1.80. The van der Waals surface area contributed by atoms with E-state index >= 15 is 0 Å². The van der Waals surface area contributed by atoms with E-state index in [-0.39, 0.29) is 11.9 Å². The van der Waals surface area contributed by atoms with Crippen LogP contribution in [0.25, 0.3) is 0 Å². The van der Waals surface area contributed by atoms with Crippen LogP contribution in [0.4, 0.5) is 5.69 Å². The zero-order chi connectivity index (χ0) is 13.7. The van der Waals surface area contributed by atoms with Crippen molar-refractivity contribution in [2.24, 2.45) is 0 Å². The molecule has 0 radical (unpaired) electrons. The Morgan fingerprint density at radius 1 is 1.32 bits per heavy atom. The van der Waals surface area contributed by atoms with Gasteiger partial charge in [-0.05, 0) is 44.6 Å². The smallest absolute Gasteiger partial charge is 0.241 e. The Morgan fingerprint density at radius 3 is 2.68 bits per heavy atom. The Kier molecular flexibility index (Phi) is 5.28. The molecule has 104 valence electrons. The SMILES string of the molecule is CSC1CCC(NC(C)C(=O)Nc2ccccc2)C1. The molecule has 1 fully saturated rings. The van der Waals surface area contributed by atoms with Crippen molar-refractivity contribution in [2.45, 2.75) is 43.5 Å². The van der Waals surface area contributed by atoms with E-state index in [9.17, 15) is 4.79 Å². The van der Waals surface area contributed by atoms with E-state index in [1.807, 2.05) is 49.0 Å². The minimum absolute atomic E-state index is 0.0406. The standard InChI is InChI=1S/C15H22N2OS/c1-11(16-13-8-9-14(10-13)19-2)15(18)17-12-6-4-3-5-7-12/h3-7,11,13-14,16H,8-10H2,1-2H3,(H,17,18). The number of anilines is 1. The lowest BCUT2D eigenvalue weighted by Gasteiger charge is -2.19. The van der Waals surface area contributed by atoms with E-state index in [0.717, 1.165) is 10.9 Å². The highest BCUT2D eigenvalue weighted by Gasteiger charge is 2.26. The van der Waals surface area contributed by atoms with E-state index in [0.29, 0.717) is 6.04 Å². The Bertz CT molecular complexity index is 410. The van der Waals surface area contributed by atoms with Crippen LogP contribution in [0.2, 0.25) is 0 Å². The molecule has 0 aromatic heterocycles. The first-order valence-electron chi connectivity index (χ1n) is 6.84. The fourth-order valence-corrected chi connectivity index (χ4v) is 3.30. The number of hydrogen-bond acceptors (Lipinski definition) is 3. The van der Waals surface area contributed by atoms with Gasteiger partial charge in [0, 0.05) is 17.0 Å². The van der Waals surface area contributed by atoms with E-state index in [2.05, 4.69) is 16.9 Å². The Labute approximate surface area is 119 Å². The number of carbonyl (C=O) groups excluding carboxylic acids is 1. The second kappa shape index (κ2) is 6.96. The third-order valence-corrected chi connectivity index (χ3v) is 4.73. The molecule has 1 aliphatic carbocycles. The molecule has 0 aliphatic heterocycles. The van der Waals surface area contributed by atoms with Gasteiger partial charge in [0.25, 0.3) is 0 Å². The summed E-state index contributed by atoms with van der Waals surface area (Å²) >= 11 is 1.93. The molecule has 2 rings (SSSR count). The highest BCUT2D eigenvalue weighted by molar-refractivity contribution is 7.99. The third-order valence-electron chi connectivity index (χ3n) is 3.64. The maximum atomic E-state index is 12.1. The van der Waals surface area contributed by atoms with E-state index in [1.165, 1.54) is 19.3 Å². The van der Waals surface area contributed by atoms with Crippen LogP contribution in [-0.4, -0.2) is 29.5 Å². The number of thioether (sulfide) groups is 1. The van der Waals surface area contributed by atoms with Gasteiger partial charge in [0.05, 0.1) is 6.04 Å². The summed E-state index contributed by atoms with van der Waals surface area (Å²) < 4.78 is 0. The summed E-state index contributed by atoms with van der Waals surface area (Å²) in [7, 11) is 0. The number of hydrogen-bond donors (Lipinski definition) is 2. The van der Waals surface area contributed by atoms with Gasteiger partial charge in [0.1, 0.15) is 0 Å². The average Bonchev–Trinajstić information content (AvgIpc) is 2.87. The maximum absolute atomic E-state index is 12.1. The van der Waals surface area contributed by atoms with Crippen LogP contribution < -0.4 is 10.6 Å². The lowest BCUT2D eigenvalue weighted by Crippen LogP contribution is -2.43. The molecule has 0 saturated heterocycles. The minimum atomic E-state index is -0.147. The fraction of sp³-hybridized carbons (Fsp3) is 0.533. The molecule has 1 amide bonds. The largest absolute Gasteiger partial charge is 0.325 e. The van der Waals surface area contributed by atoms with Gasteiger partial charge in [-0.25, -0.2) is 0 Å². The van der Waals surface area contributed by atoms with Crippen LogP contribution in [0.15, 0.2) is 30.3 Å². The number of para-hydroxylation sites is 1. The number of amides is 1. The van der Waals surface area contributed by atoms with Crippen molar-refractivity contribution in [1.82, 2.24) is 5.32 Å². The van der Waals surface area contributed by atoms with Crippen LogP contribution in [-0.2, 0) is 4.79 Å². The van der Waals surface area contributed by atoms with Gasteiger partial charge in [0.2, 0.25) is 5.91 Å². The van der Waals surface area contributed by atoms with Gasteiger partial charge in [0.15, 0.2) is 0 Å². The quantitative estimate of drug-likeness (QED) is 0.870. The highest BCUT2D eigenvalue weighted by Crippen LogP contribution is 2.28. The Morgan fingerprint density at radius 2 is 2.05 bits per heavy atom. The van der Waals surface area contributed by atoms with E-state index in [4.69, 9.17) is 0 Å². The Hall–Kier alpha value is -1.00. The van der Waals surface area contributed by atoms with Gasteiger partial charge >= 0.3 is 0 Å². The lowest BCUT2D eigenvalue weighted by atomic mass is 10.2. The van der Waals surface area contributed by atoms with E-state index < -0.39 is 0 Å². The van der Waals surface area contributed by atoms with E-state index in [1.54, 1.807) is 0 Å². The first-order valence-corrected chi connectivity index (χ1v) is 8.12. The zero-order valence-electron chi connectivity index (χ0n) is 11.6. The molecule has 1 saturated carbocycles. The number of carbonyl (C=O) groups is 1.